The van der Waals surface area contributed by atoms with Crippen LogP contribution in [0.2, 0.25) is 0 Å². The average Bonchev–Trinajstić information content (AvgIpc) is 2.34. The number of likely N-dealkylation sites (tertiary alicyclic amines) is 1. The number of rotatable bonds is 5. The summed E-state index contributed by atoms with van der Waals surface area (Å²) in [6.45, 7) is 4.97. The van der Waals surface area contributed by atoms with Crippen LogP contribution in [0.25, 0.3) is 0 Å². The fourth-order valence-electron chi connectivity index (χ4n) is 1.75. The third-order valence-corrected chi connectivity index (χ3v) is 7.81. The van der Waals surface area contributed by atoms with Crippen LogP contribution in [-0.4, -0.2) is 44.6 Å². The van der Waals surface area contributed by atoms with Gasteiger partial charge in [0.05, 0.1) is 0 Å². The number of carbonyl (C=O) groups is 2. The molecule has 2 N–H and O–H groups in total. The van der Waals surface area contributed by atoms with E-state index in [2.05, 4.69) is 6.58 Å². The van der Waals surface area contributed by atoms with Crippen molar-refractivity contribution in [3.63, 3.8) is 0 Å². The Morgan fingerprint density at radius 2 is 2.09 bits per heavy atom. The van der Waals surface area contributed by atoms with Gasteiger partial charge in [-0.15, -0.1) is 12.4 Å². The third-order valence-electron chi connectivity index (χ3n) is 2.64. The summed E-state index contributed by atoms with van der Waals surface area (Å²) in [6.07, 6.45) is 0. The maximum Gasteiger partial charge on any atom is -0.147 e. The van der Waals surface area contributed by atoms with Crippen LogP contribution in [0.5, 0.6) is 0 Å². The van der Waals surface area contributed by atoms with E-state index in [1.807, 2.05) is 0 Å². The Balaban J connectivity index is 0. The average molecular weight is 619 g/mol. The molecule has 1 saturated heterocycles. The second-order valence-corrected chi connectivity index (χ2v) is 11.5. The van der Waals surface area contributed by atoms with Gasteiger partial charge in [0.1, 0.15) is 0 Å². The molecule has 5 nitrogen and oxygen atoms in total. The Bertz CT molecular complexity index is 437. The molecular weight excluding hydrogens is 606 g/mol. The Labute approximate surface area is 174 Å². The smallest absolute Gasteiger partial charge is 0.147 e. The first-order valence-corrected chi connectivity index (χ1v) is 14.4. The molecule has 124 valence electrons. The summed E-state index contributed by atoms with van der Waals surface area (Å²) in [7, 11) is 1.57. The first-order valence-electron chi connectivity index (χ1n) is 5.47. The van der Waals surface area contributed by atoms with Crippen molar-refractivity contribution in [3.8, 4) is 0 Å². The van der Waals surface area contributed by atoms with Crippen molar-refractivity contribution in [1.29, 1.82) is 0 Å². The van der Waals surface area contributed by atoms with Gasteiger partial charge in [0.2, 0.25) is 0 Å². The number of nitrogens with two attached hydrogens (primary N) is 1. The fourth-order valence-corrected chi connectivity index (χ4v) is 6.92. The van der Waals surface area contributed by atoms with E-state index in [1.165, 1.54) is 4.90 Å². The summed E-state index contributed by atoms with van der Waals surface area (Å²) in [5, 5.41) is -0.215. The van der Waals surface area contributed by atoms with Crippen LogP contribution in [0.1, 0.15) is 6.92 Å². The standard InChI is InChI=1S/C10H13Cl3N2O3S.2ClH.Hg/c1-4(2)6(9(17)18-3-10(11,12)13)15-7(16)5(14)8(15)19;;;/h5-6,8,19H,1,3,14H2,2H3;2*1H;/q;;;+2/p-2. The molecule has 0 aromatic heterocycles. The van der Waals surface area contributed by atoms with Crippen LogP contribution in [-0.2, 0) is 38.9 Å². The van der Waals surface area contributed by atoms with Gasteiger partial charge in [-0.2, -0.15) is 0 Å². The molecule has 0 bridgehead atoms. The van der Waals surface area contributed by atoms with Gasteiger partial charge in [0, 0.05) is 0 Å². The molecule has 1 heterocycles. The first-order chi connectivity index (χ1) is 9.10. The Kier molecular flexibility index (Phi) is 12.1. The molecule has 0 spiro atoms. The van der Waals surface area contributed by atoms with Gasteiger partial charge >= 0.3 is 151 Å². The number of hydrogen-bond donors (Lipinski definition) is 1. The number of ether oxygens (including phenoxy) is 1. The Morgan fingerprint density at radius 1 is 1.59 bits per heavy atom. The van der Waals surface area contributed by atoms with Gasteiger partial charge in [-0.05, 0) is 0 Å². The molecule has 3 atom stereocenters. The molecule has 0 aromatic rings. The number of esters is 1. The molecule has 0 aromatic carbocycles. The van der Waals surface area contributed by atoms with E-state index in [9.17, 15) is 9.59 Å². The van der Waals surface area contributed by atoms with E-state index in [0.717, 1.165) is 0 Å². The summed E-state index contributed by atoms with van der Waals surface area (Å²) < 4.78 is 3.24. The quantitative estimate of drug-likeness (QED) is 0.140. The zero-order valence-electron chi connectivity index (χ0n) is 11.4. The van der Waals surface area contributed by atoms with Crippen molar-refractivity contribution in [2.45, 2.75) is 28.2 Å². The SMILES string of the molecule is C=C(C)C(C(=O)OCC(Cl)(Cl)Cl)N1C(=O)C(N)C1[S][Hg+].Cl.[Cl-]. The monoisotopic (exact) mass is 618 g/mol. The van der Waals surface area contributed by atoms with E-state index in [4.69, 9.17) is 45.3 Å². The predicted octanol–water partition coefficient (Wildman–Crippen LogP) is -1.04. The Morgan fingerprint density at radius 3 is 2.45 bits per heavy atom. The summed E-state index contributed by atoms with van der Waals surface area (Å²) in [5.74, 6) is -0.969. The maximum atomic E-state index is 12.1. The number of amides is 1. The summed E-state index contributed by atoms with van der Waals surface area (Å²) in [6, 6.07) is -1.48. The zero-order valence-corrected chi connectivity index (χ0v) is 21.6. The van der Waals surface area contributed by atoms with Crippen molar-refractivity contribution in [2.24, 2.45) is 5.73 Å². The van der Waals surface area contributed by atoms with Crippen molar-refractivity contribution < 1.29 is 51.3 Å². The van der Waals surface area contributed by atoms with Gasteiger partial charge in [0.15, 0.2) is 0 Å². The van der Waals surface area contributed by atoms with Gasteiger partial charge < -0.3 is 12.4 Å². The van der Waals surface area contributed by atoms with Crippen LogP contribution in [0, 0.1) is 0 Å². The minimum Gasteiger partial charge on any atom is -1.00 e. The van der Waals surface area contributed by atoms with Crippen molar-refractivity contribution in [1.82, 2.24) is 4.90 Å². The minimum absolute atomic E-state index is 0. The van der Waals surface area contributed by atoms with Crippen LogP contribution < -0.4 is 18.1 Å². The molecule has 1 aliphatic heterocycles. The van der Waals surface area contributed by atoms with E-state index in [1.54, 1.807) is 15.2 Å². The molecule has 0 saturated carbocycles. The first kappa shape index (κ1) is 25.6. The van der Waals surface area contributed by atoms with E-state index in [0.29, 0.717) is 30.2 Å². The van der Waals surface area contributed by atoms with Gasteiger partial charge in [-0.1, -0.05) is 0 Å². The zero-order chi connectivity index (χ0) is 15.7. The molecule has 3 unspecified atom stereocenters. The second-order valence-electron chi connectivity index (χ2n) is 4.30. The summed E-state index contributed by atoms with van der Waals surface area (Å²) >= 11 is 17.0. The van der Waals surface area contributed by atoms with Crippen LogP contribution in [0.4, 0.5) is 0 Å². The molecule has 0 aliphatic carbocycles. The largest absolute Gasteiger partial charge is 1.00 e. The number of nitrogens with zero attached hydrogens (tertiary/aromatic N) is 1. The van der Waals surface area contributed by atoms with Crippen molar-refractivity contribution >= 4 is 67.3 Å². The molecule has 1 fully saturated rings. The summed E-state index contributed by atoms with van der Waals surface area (Å²) in [4.78, 5) is 25.4. The minimum atomic E-state index is -1.70. The topological polar surface area (TPSA) is 72.6 Å². The normalized spacial score (nSPS) is 22.0. The number of alkyl halides is 3. The molecule has 1 rings (SSSR count). The van der Waals surface area contributed by atoms with E-state index < -0.39 is 28.5 Å². The molecule has 1 amide bonds. The summed E-state index contributed by atoms with van der Waals surface area (Å²) in [5.41, 5.74) is 6.20. The van der Waals surface area contributed by atoms with Crippen molar-refractivity contribution in [2.75, 3.05) is 6.61 Å². The fraction of sp³-hybridized carbons (Fsp3) is 0.600. The molecular formula is C10H13Cl5HgN2O3S. The van der Waals surface area contributed by atoms with Crippen molar-refractivity contribution in [3.05, 3.63) is 12.2 Å². The molecule has 12 heteroatoms. The molecule has 22 heavy (non-hydrogen) atoms. The second kappa shape index (κ2) is 10.4. The third kappa shape index (κ3) is 6.35. The predicted molar refractivity (Wildman–Crippen MR) is 83.3 cm³/mol. The number of hydrogen-bond acceptors (Lipinski definition) is 5. The Hall–Kier alpha value is 1.38. The van der Waals surface area contributed by atoms with Crippen LogP contribution in [0.3, 0.4) is 0 Å². The molecule has 0 radical (unpaired) electrons. The molecule has 1 aliphatic rings. The maximum absolute atomic E-state index is 12.1. The van der Waals surface area contributed by atoms with Crippen LogP contribution in [0.15, 0.2) is 12.2 Å². The van der Waals surface area contributed by atoms with E-state index >= 15 is 0 Å². The van der Waals surface area contributed by atoms with Gasteiger partial charge in [-0.25, -0.2) is 0 Å². The van der Waals surface area contributed by atoms with Gasteiger partial charge in [-0.3, -0.25) is 0 Å². The van der Waals surface area contributed by atoms with Gasteiger partial charge in [0.25, 0.3) is 0 Å². The van der Waals surface area contributed by atoms with Crippen LogP contribution >= 0.6 is 55.5 Å². The van der Waals surface area contributed by atoms with E-state index in [-0.39, 0.29) is 36.1 Å². The number of β-lactam (4-membered cyclic amide) rings is 1. The number of halogens is 5. The number of carbonyl (C=O) groups excluding carboxylic acids is 2.